The van der Waals surface area contributed by atoms with Crippen molar-refractivity contribution in [2.24, 2.45) is 10.7 Å². The van der Waals surface area contributed by atoms with Crippen molar-refractivity contribution in [1.82, 2.24) is 5.06 Å². The van der Waals surface area contributed by atoms with Crippen molar-refractivity contribution >= 4 is 29.2 Å². The Labute approximate surface area is 185 Å². The Morgan fingerprint density at radius 2 is 1.90 bits per heavy atom. The molecule has 0 radical (unpaired) electrons. The van der Waals surface area contributed by atoms with Gasteiger partial charge in [-0.2, -0.15) is 0 Å². The second-order valence-electron chi connectivity index (χ2n) is 8.33. The monoisotopic (exact) mass is 447 g/mol. The molecule has 3 atom stereocenters. The standard InChI is InChI=1S/C22H23Cl2N3O3/c1-13-5-6-21(12-28-13)11-22(26-20(25)27(2)30-22)18-9-14(3-4-19(18)29-21)15-7-16(23)10-17(24)8-15/h3-4,7-10,13H,5-6,11-12H2,1-2H3,(H2,25,26). The molecule has 0 bridgehead atoms. The fourth-order valence-corrected chi connectivity index (χ4v) is 5.02. The number of fused-ring (bicyclic) bond motifs is 2. The molecule has 5 rings (SSSR count). The van der Waals surface area contributed by atoms with Crippen LogP contribution in [0.25, 0.3) is 11.1 Å². The number of halogens is 2. The second kappa shape index (κ2) is 7.02. The van der Waals surface area contributed by atoms with Gasteiger partial charge in [0.2, 0.25) is 11.7 Å². The fraction of sp³-hybridized carbons (Fsp3) is 0.409. The van der Waals surface area contributed by atoms with Gasteiger partial charge in [-0.15, -0.1) is 0 Å². The van der Waals surface area contributed by atoms with Crippen molar-refractivity contribution in [3.8, 4) is 16.9 Å². The van der Waals surface area contributed by atoms with Gasteiger partial charge in [0, 0.05) is 23.5 Å². The zero-order valence-corrected chi connectivity index (χ0v) is 18.3. The maximum Gasteiger partial charge on any atom is 0.222 e. The van der Waals surface area contributed by atoms with E-state index in [1.165, 1.54) is 5.06 Å². The van der Waals surface area contributed by atoms with E-state index in [2.05, 4.69) is 6.92 Å². The van der Waals surface area contributed by atoms with Crippen LogP contribution in [0, 0.1) is 0 Å². The van der Waals surface area contributed by atoms with E-state index >= 15 is 0 Å². The predicted molar refractivity (Wildman–Crippen MR) is 117 cm³/mol. The average molecular weight is 448 g/mol. The lowest BCUT2D eigenvalue weighted by Gasteiger charge is -2.47. The quantitative estimate of drug-likeness (QED) is 0.684. The molecule has 2 aromatic carbocycles. The number of aliphatic imine (C=N–C) groups is 1. The van der Waals surface area contributed by atoms with Crippen LogP contribution >= 0.6 is 23.2 Å². The van der Waals surface area contributed by atoms with Gasteiger partial charge in [-0.3, -0.25) is 0 Å². The highest BCUT2D eigenvalue weighted by Crippen LogP contribution is 2.52. The number of hydroxylamine groups is 2. The van der Waals surface area contributed by atoms with E-state index in [4.69, 9.17) is 48.2 Å². The Bertz CT molecular complexity index is 1020. The lowest BCUT2D eigenvalue weighted by atomic mass is 9.80. The van der Waals surface area contributed by atoms with Crippen molar-refractivity contribution < 1.29 is 14.3 Å². The fourth-order valence-electron chi connectivity index (χ4n) is 4.49. The van der Waals surface area contributed by atoms with Crippen molar-refractivity contribution in [1.29, 1.82) is 0 Å². The molecule has 0 aromatic heterocycles. The van der Waals surface area contributed by atoms with E-state index in [9.17, 15) is 0 Å². The molecule has 6 nitrogen and oxygen atoms in total. The highest BCUT2D eigenvalue weighted by Gasteiger charge is 2.55. The molecule has 0 amide bonds. The molecule has 0 saturated carbocycles. The molecule has 1 saturated heterocycles. The maximum absolute atomic E-state index is 6.52. The summed E-state index contributed by atoms with van der Waals surface area (Å²) in [6.45, 7) is 2.57. The normalized spacial score (nSPS) is 30.3. The molecule has 30 heavy (non-hydrogen) atoms. The van der Waals surface area contributed by atoms with Crippen LogP contribution in [0.1, 0.15) is 31.7 Å². The zero-order valence-electron chi connectivity index (χ0n) is 16.8. The summed E-state index contributed by atoms with van der Waals surface area (Å²) in [5.74, 6) is 1.06. The SMILES string of the molecule is CC1CCC2(CO1)CC1(N=C(N)N(C)O1)c1cc(-c3cc(Cl)cc(Cl)c3)ccc1O2. The largest absolute Gasteiger partial charge is 0.484 e. The summed E-state index contributed by atoms with van der Waals surface area (Å²) in [4.78, 5) is 11.0. The summed E-state index contributed by atoms with van der Waals surface area (Å²) < 4.78 is 12.5. The van der Waals surface area contributed by atoms with Crippen LogP contribution in [0.4, 0.5) is 0 Å². The zero-order chi connectivity index (χ0) is 21.1. The highest BCUT2D eigenvalue weighted by atomic mass is 35.5. The molecule has 1 fully saturated rings. The first-order valence-corrected chi connectivity index (χ1v) is 10.7. The van der Waals surface area contributed by atoms with Gasteiger partial charge in [0.25, 0.3) is 0 Å². The van der Waals surface area contributed by atoms with Crippen molar-refractivity contribution in [3.63, 3.8) is 0 Å². The number of rotatable bonds is 1. The number of nitrogens with two attached hydrogens (primary N) is 1. The van der Waals surface area contributed by atoms with Crippen LogP contribution in [0.2, 0.25) is 10.0 Å². The number of ether oxygens (including phenoxy) is 2. The van der Waals surface area contributed by atoms with Gasteiger partial charge < -0.3 is 15.2 Å². The van der Waals surface area contributed by atoms with Crippen LogP contribution < -0.4 is 10.5 Å². The van der Waals surface area contributed by atoms with Gasteiger partial charge >= 0.3 is 0 Å². The highest BCUT2D eigenvalue weighted by molar-refractivity contribution is 6.35. The van der Waals surface area contributed by atoms with Crippen LogP contribution in [-0.2, 0) is 15.3 Å². The van der Waals surface area contributed by atoms with Crippen molar-refractivity contribution in [2.75, 3.05) is 13.7 Å². The maximum atomic E-state index is 6.52. The molecule has 158 valence electrons. The van der Waals surface area contributed by atoms with Crippen molar-refractivity contribution in [3.05, 3.63) is 52.0 Å². The third-order valence-corrected chi connectivity index (χ3v) is 6.46. The average Bonchev–Trinajstić information content (AvgIpc) is 2.97. The van der Waals surface area contributed by atoms with Crippen LogP contribution in [-0.4, -0.2) is 36.4 Å². The topological polar surface area (TPSA) is 69.3 Å². The minimum Gasteiger partial charge on any atom is -0.484 e. The summed E-state index contributed by atoms with van der Waals surface area (Å²) in [5, 5.41) is 2.67. The third kappa shape index (κ3) is 3.32. The first-order valence-electron chi connectivity index (χ1n) is 9.97. The molecule has 3 aliphatic rings. The Kier molecular flexibility index (Phi) is 4.67. The number of hydrogen-bond acceptors (Lipinski definition) is 6. The molecule has 3 unspecified atom stereocenters. The van der Waals surface area contributed by atoms with Gasteiger partial charge in [-0.1, -0.05) is 29.3 Å². The Hall–Kier alpha value is -1.99. The number of benzene rings is 2. The summed E-state index contributed by atoms with van der Waals surface area (Å²) in [6.07, 6.45) is 2.51. The van der Waals surface area contributed by atoms with Gasteiger partial charge in [-0.05, 0) is 61.2 Å². The Balaban J connectivity index is 1.62. The minimum absolute atomic E-state index is 0.215. The first kappa shape index (κ1) is 19.9. The van der Waals surface area contributed by atoms with Crippen LogP contribution in [0.5, 0.6) is 5.75 Å². The Morgan fingerprint density at radius 1 is 1.13 bits per heavy atom. The molecule has 0 aliphatic carbocycles. The lowest BCUT2D eigenvalue weighted by molar-refractivity contribution is -0.220. The lowest BCUT2D eigenvalue weighted by Crippen LogP contribution is -2.54. The van der Waals surface area contributed by atoms with Gasteiger partial charge in [0.1, 0.15) is 11.4 Å². The van der Waals surface area contributed by atoms with E-state index in [1.807, 2.05) is 30.3 Å². The summed E-state index contributed by atoms with van der Waals surface area (Å²) in [6, 6.07) is 11.4. The number of hydrogen-bond donors (Lipinski definition) is 1. The summed E-state index contributed by atoms with van der Waals surface area (Å²) in [5.41, 5.74) is 7.32. The second-order valence-corrected chi connectivity index (χ2v) is 9.21. The third-order valence-electron chi connectivity index (χ3n) is 6.03. The van der Waals surface area contributed by atoms with Crippen LogP contribution in [0.15, 0.2) is 41.4 Å². The van der Waals surface area contributed by atoms with Crippen molar-refractivity contribution in [2.45, 2.75) is 43.6 Å². The molecule has 8 heteroatoms. The number of nitrogens with zero attached hydrogens (tertiary/aromatic N) is 2. The van der Waals surface area contributed by atoms with Gasteiger partial charge in [0.15, 0.2) is 0 Å². The predicted octanol–water partition coefficient (Wildman–Crippen LogP) is 4.73. The molecule has 2 aromatic rings. The van der Waals surface area contributed by atoms with Gasteiger partial charge in [0.05, 0.1) is 18.3 Å². The Morgan fingerprint density at radius 3 is 2.53 bits per heavy atom. The van der Waals surface area contributed by atoms with E-state index in [1.54, 1.807) is 13.1 Å². The molecule has 2 N–H and O–H groups in total. The van der Waals surface area contributed by atoms with E-state index < -0.39 is 11.3 Å². The van der Waals surface area contributed by atoms with E-state index in [0.29, 0.717) is 29.0 Å². The summed E-state index contributed by atoms with van der Waals surface area (Å²) in [7, 11) is 1.76. The van der Waals surface area contributed by atoms with E-state index in [-0.39, 0.29) is 6.10 Å². The smallest absolute Gasteiger partial charge is 0.222 e. The molecule has 2 spiro atoms. The van der Waals surface area contributed by atoms with E-state index in [0.717, 1.165) is 35.3 Å². The summed E-state index contributed by atoms with van der Waals surface area (Å²) >= 11 is 12.4. The van der Waals surface area contributed by atoms with Gasteiger partial charge in [-0.25, -0.2) is 14.9 Å². The minimum atomic E-state index is -0.964. The molecular weight excluding hydrogens is 425 g/mol. The molecular formula is C22H23Cl2N3O3. The first-order chi connectivity index (χ1) is 14.3. The molecule has 3 aliphatic heterocycles. The molecule has 3 heterocycles. The number of guanidine groups is 1. The van der Waals surface area contributed by atoms with Crippen LogP contribution in [0.3, 0.4) is 0 Å².